The van der Waals surface area contributed by atoms with E-state index in [0.717, 1.165) is 17.9 Å². The quantitative estimate of drug-likeness (QED) is 0.874. The Bertz CT molecular complexity index is 540. The van der Waals surface area contributed by atoms with E-state index in [4.69, 9.17) is 4.74 Å². The van der Waals surface area contributed by atoms with E-state index in [1.54, 1.807) is 0 Å². The average Bonchev–Trinajstić information content (AvgIpc) is 2.49. The maximum Gasteiger partial charge on any atom is 0.122 e. The largest absolute Gasteiger partial charge is 0.493 e. The van der Waals surface area contributed by atoms with Crippen molar-refractivity contribution in [3.63, 3.8) is 0 Å². The number of aryl methyl sites for hydroxylation is 1. The van der Waals surface area contributed by atoms with Crippen LogP contribution in [0.2, 0.25) is 0 Å². The molecule has 1 atom stereocenters. The van der Waals surface area contributed by atoms with Crippen molar-refractivity contribution in [3.05, 3.63) is 59.4 Å². The molecule has 0 fully saturated rings. The molecular formula is C17H22N2O. The minimum atomic E-state index is 0.358. The SMILES string of the molecule is CNC(C)c1ccc(OCCc2ccccn2)c(C)c1. The third kappa shape index (κ3) is 3.81. The van der Waals surface area contributed by atoms with Gasteiger partial charge in [-0.05, 0) is 50.2 Å². The van der Waals surface area contributed by atoms with Crippen LogP contribution >= 0.6 is 0 Å². The van der Waals surface area contributed by atoms with Crippen molar-refractivity contribution in [1.29, 1.82) is 0 Å². The summed E-state index contributed by atoms with van der Waals surface area (Å²) in [6.07, 6.45) is 2.64. The van der Waals surface area contributed by atoms with Gasteiger partial charge >= 0.3 is 0 Å². The van der Waals surface area contributed by atoms with E-state index in [1.165, 1.54) is 11.1 Å². The summed E-state index contributed by atoms with van der Waals surface area (Å²) in [5, 5.41) is 3.24. The number of nitrogens with one attached hydrogen (secondary N) is 1. The monoisotopic (exact) mass is 270 g/mol. The molecule has 0 spiro atoms. The van der Waals surface area contributed by atoms with Crippen molar-refractivity contribution < 1.29 is 4.74 Å². The number of rotatable bonds is 6. The molecule has 106 valence electrons. The first-order valence-corrected chi connectivity index (χ1v) is 7.01. The number of nitrogens with zero attached hydrogens (tertiary/aromatic N) is 1. The van der Waals surface area contributed by atoms with Crippen molar-refractivity contribution >= 4 is 0 Å². The van der Waals surface area contributed by atoms with Gasteiger partial charge < -0.3 is 10.1 Å². The lowest BCUT2D eigenvalue weighted by molar-refractivity contribution is 0.318. The van der Waals surface area contributed by atoms with Gasteiger partial charge in [0.05, 0.1) is 6.61 Å². The van der Waals surface area contributed by atoms with Crippen molar-refractivity contribution in [1.82, 2.24) is 10.3 Å². The molecule has 0 saturated heterocycles. The normalized spacial score (nSPS) is 12.2. The van der Waals surface area contributed by atoms with Crippen LogP contribution in [0, 0.1) is 6.92 Å². The third-order valence-electron chi connectivity index (χ3n) is 3.47. The van der Waals surface area contributed by atoms with Gasteiger partial charge in [0.2, 0.25) is 0 Å². The van der Waals surface area contributed by atoms with Crippen LogP contribution < -0.4 is 10.1 Å². The molecule has 0 aliphatic carbocycles. The lowest BCUT2D eigenvalue weighted by Gasteiger charge is -2.14. The summed E-state index contributed by atoms with van der Waals surface area (Å²) in [6, 6.07) is 12.7. The highest BCUT2D eigenvalue weighted by Gasteiger charge is 2.06. The maximum absolute atomic E-state index is 5.85. The van der Waals surface area contributed by atoms with Gasteiger partial charge in [-0.25, -0.2) is 0 Å². The molecule has 0 aliphatic rings. The highest BCUT2D eigenvalue weighted by molar-refractivity contribution is 5.37. The zero-order chi connectivity index (χ0) is 14.4. The van der Waals surface area contributed by atoms with Gasteiger partial charge in [-0.3, -0.25) is 4.98 Å². The first kappa shape index (κ1) is 14.5. The van der Waals surface area contributed by atoms with Crippen LogP contribution in [-0.4, -0.2) is 18.6 Å². The summed E-state index contributed by atoms with van der Waals surface area (Å²) >= 11 is 0. The Kier molecular flexibility index (Phi) is 5.13. The molecule has 2 rings (SSSR count). The molecule has 1 aromatic heterocycles. The molecule has 1 aromatic carbocycles. The predicted octanol–water partition coefficient (Wildman–Crippen LogP) is 3.29. The van der Waals surface area contributed by atoms with E-state index in [9.17, 15) is 0 Å². The van der Waals surface area contributed by atoms with Crippen molar-refractivity contribution in [2.24, 2.45) is 0 Å². The van der Waals surface area contributed by atoms with Crippen LogP contribution in [0.4, 0.5) is 0 Å². The second-order valence-corrected chi connectivity index (χ2v) is 4.95. The first-order chi connectivity index (χ1) is 9.70. The molecule has 20 heavy (non-hydrogen) atoms. The number of hydrogen-bond acceptors (Lipinski definition) is 3. The average molecular weight is 270 g/mol. The molecule has 1 N–H and O–H groups in total. The van der Waals surface area contributed by atoms with Crippen LogP contribution in [0.15, 0.2) is 42.6 Å². The van der Waals surface area contributed by atoms with E-state index in [2.05, 4.69) is 42.3 Å². The predicted molar refractivity (Wildman–Crippen MR) is 82.1 cm³/mol. The van der Waals surface area contributed by atoms with E-state index in [-0.39, 0.29) is 0 Å². The Hall–Kier alpha value is -1.87. The number of hydrogen-bond donors (Lipinski definition) is 1. The molecule has 0 saturated carbocycles. The fourth-order valence-electron chi connectivity index (χ4n) is 2.08. The Morgan fingerprint density at radius 2 is 2.10 bits per heavy atom. The van der Waals surface area contributed by atoms with Crippen molar-refractivity contribution in [2.45, 2.75) is 26.3 Å². The van der Waals surface area contributed by atoms with E-state index >= 15 is 0 Å². The van der Waals surface area contributed by atoms with Crippen molar-refractivity contribution in [3.8, 4) is 5.75 Å². The Labute approximate surface area is 121 Å². The third-order valence-corrected chi connectivity index (χ3v) is 3.47. The van der Waals surface area contributed by atoms with Gasteiger partial charge in [-0.1, -0.05) is 18.2 Å². The second kappa shape index (κ2) is 7.06. The molecular weight excluding hydrogens is 248 g/mol. The molecule has 0 bridgehead atoms. The molecule has 3 nitrogen and oxygen atoms in total. The lowest BCUT2D eigenvalue weighted by atomic mass is 10.1. The molecule has 1 unspecified atom stereocenters. The van der Waals surface area contributed by atoms with E-state index in [0.29, 0.717) is 12.6 Å². The van der Waals surface area contributed by atoms with Gasteiger partial charge in [-0.15, -0.1) is 0 Å². The van der Waals surface area contributed by atoms with Gasteiger partial charge in [0, 0.05) is 24.4 Å². The van der Waals surface area contributed by atoms with E-state index < -0.39 is 0 Å². The fourth-order valence-corrected chi connectivity index (χ4v) is 2.08. The van der Waals surface area contributed by atoms with Crippen LogP contribution in [0.25, 0.3) is 0 Å². The molecule has 0 radical (unpaired) electrons. The van der Waals surface area contributed by atoms with Gasteiger partial charge in [0.1, 0.15) is 5.75 Å². The maximum atomic E-state index is 5.85. The minimum absolute atomic E-state index is 0.358. The Balaban J connectivity index is 1.93. The van der Waals surface area contributed by atoms with Crippen LogP contribution in [0.3, 0.4) is 0 Å². The smallest absolute Gasteiger partial charge is 0.122 e. The second-order valence-electron chi connectivity index (χ2n) is 4.95. The zero-order valence-electron chi connectivity index (χ0n) is 12.4. The Morgan fingerprint density at radius 1 is 1.25 bits per heavy atom. The molecule has 2 aromatic rings. The molecule has 3 heteroatoms. The standard InChI is InChI=1S/C17H22N2O/c1-13-12-15(14(2)18-3)7-8-17(13)20-11-9-16-6-4-5-10-19-16/h4-8,10,12,14,18H,9,11H2,1-3H3. The zero-order valence-corrected chi connectivity index (χ0v) is 12.4. The highest BCUT2D eigenvalue weighted by atomic mass is 16.5. The summed E-state index contributed by atoms with van der Waals surface area (Å²) in [4.78, 5) is 4.29. The number of aromatic nitrogens is 1. The molecule has 0 aliphatic heterocycles. The van der Waals surface area contributed by atoms with Crippen LogP contribution in [0.1, 0.15) is 29.8 Å². The summed E-state index contributed by atoms with van der Waals surface area (Å²) < 4.78 is 5.85. The Morgan fingerprint density at radius 3 is 2.75 bits per heavy atom. The van der Waals surface area contributed by atoms with Gasteiger partial charge in [0.15, 0.2) is 0 Å². The van der Waals surface area contributed by atoms with Crippen molar-refractivity contribution in [2.75, 3.05) is 13.7 Å². The van der Waals surface area contributed by atoms with Crippen LogP contribution in [0.5, 0.6) is 5.75 Å². The topological polar surface area (TPSA) is 34.1 Å². The molecule has 1 heterocycles. The summed E-state index contributed by atoms with van der Waals surface area (Å²) in [5.74, 6) is 0.952. The summed E-state index contributed by atoms with van der Waals surface area (Å²) in [5.41, 5.74) is 3.51. The molecule has 0 amide bonds. The summed E-state index contributed by atoms with van der Waals surface area (Å²) in [6.45, 7) is 4.89. The van der Waals surface area contributed by atoms with E-state index in [1.807, 2.05) is 31.4 Å². The lowest BCUT2D eigenvalue weighted by Crippen LogP contribution is -2.12. The minimum Gasteiger partial charge on any atom is -0.493 e. The highest BCUT2D eigenvalue weighted by Crippen LogP contribution is 2.22. The van der Waals surface area contributed by atoms with Gasteiger partial charge in [0.25, 0.3) is 0 Å². The number of pyridine rings is 1. The van der Waals surface area contributed by atoms with Crippen LogP contribution in [-0.2, 0) is 6.42 Å². The van der Waals surface area contributed by atoms with Gasteiger partial charge in [-0.2, -0.15) is 0 Å². The number of ether oxygens (including phenoxy) is 1. The number of benzene rings is 1. The fraction of sp³-hybridized carbons (Fsp3) is 0.353. The first-order valence-electron chi connectivity index (χ1n) is 7.01. The summed E-state index contributed by atoms with van der Waals surface area (Å²) in [7, 11) is 1.97.